The fraction of sp³-hybridized carbons (Fsp3) is 0.125. The first-order chi connectivity index (χ1) is 7.04. The van der Waals surface area contributed by atoms with Crippen molar-refractivity contribution in [2.75, 3.05) is 0 Å². The van der Waals surface area contributed by atoms with Crippen LogP contribution < -0.4 is 4.74 Å². The number of nitrogens with zero attached hydrogens (tertiary/aromatic N) is 1. The van der Waals surface area contributed by atoms with E-state index in [1.54, 1.807) is 0 Å². The van der Waals surface area contributed by atoms with Crippen molar-refractivity contribution in [3.05, 3.63) is 28.7 Å². The lowest BCUT2D eigenvalue weighted by atomic mass is 10.2. The van der Waals surface area contributed by atoms with Crippen LogP contribution in [0, 0.1) is 4.91 Å². The Bertz CT molecular complexity index is 394. The van der Waals surface area contributed by atoms with Crippen molar-refractivity contribution < 1.29 is 23.4 Å². The maximum Gasteiger partial charge on any atom is 0.387 e. The molecule has 0 radical (unpaired) electrons. The fourth-order valence-electron chi connectivity index (χ4n) is 0.913. The van der Waals surface area contributed by atoms with Crippen LogP contribution in [0.1, 0.15) is 10.4 Å². The molecule has 1 rings (SSSR count). The number of alkyl halides is 2. The topological polar surface area (TPSA) is 76.0 Å². The summed E-state index contributed by atoms with van der Waals surface area (Å²) < 4.78 is 27.6. The molecule has 7 heteroatoms. The van der Waals surface area contributed by atoms with Crippen molar-refractivity contribution in [3.8, 4) is 5.75 Å². The molecule has 0 heterocycles. The number of benzene rings is 1. The van der Waals surface area contributed by atoms with Gasteiger partial charge in [0.15, 0.2) is 5.75 Å². The summed E-state index contributed by atoms with van der Waals surface area (Å²) in [5, 5.41) is 11.0. The number of aromatic carboxylic acids is 1. The first kappa shape index (κ1) is 11.0. The molecule has 0 saturated carbocycles. The van der Waals surface area contributed by atoms with Gasteiger partial charge in [0, 0.05) is 0 Å². The molecule has 0 atom stereocenters. The molecule has 0 aliphatic rings. The second-order valence-corrected chi connectivity index (χ2v) is 2.46. The molecule has 0 aliphatic carbocycles. The van der Waals surface area contributed by atoms with Gasteiger partial charge >= 0.3 is 12.6 Å². The van der Waals surface area contributed by atoms with E-state index in [2.05, 4.69) is 9.91 Å². The van der Waals surface area contributed by atoms with E-state index in [4.69, 9.17) is 5.11 Å². The van der Waals surface area contributed by atoms with E-state index in [0.29, 0.717) is 0 Å². The standard InChI is InChI=1S/C8H5F2NO4/c9-8(10)15-6-3-4(7(12)13)1-2-5(6)11-14/h1-3,8H,(H,12,13). The minimum absolute atomic E-state index is 0.266. The van der Waals surface area contributed by atoms with E-state index >= 15 is 0 Å². The molecule has 5 nitrogen and oxygen atoms in total. The smallest absolute Gasteiger partial charge is 0.387 e. The average Bonchev–Trinajstić information content (AvgIpc) is 2.16. The Morgan fingerprint density at radius 3 is 2.60 bits per heavy atom. The van der Waals surface area contributed by atoms with Gasteiger partial charge in [0.1, 0.15) is 5.69 Å². The summed E-state index contributed by atoms with van der Waals surface area (Å²) in [6.45, 7) is -3.14. The number of nitroso groups, excluding NO2 is 1. The number of hydrogen-bond acceptors (Lipinski definition) is 4. The second kappa shape index (κ2) is 4.45. The van der Waals surface area contributed by atoms with Crippen LogP contribution >= 0.6 is 0 Å². The molecule has 0 aromatic heterocycles. The highest BCUT2D eigenvalue weighted by Crippen LogP contribution is 2.29. The van der Waals surface area contributed by atoms with E-state index in [9.17, 15) is 18.5 Å². The molecule has 0 spiro atoms. The van der Waals surface area contributed by atoms with Crippen LogP contribution in [0.25, 0.3) is 0 Å². The van der Waals surface area contributed by atoms with E-state index in [1.807, 2.05) is 0 Å². The molecule has 1 aromatic rings. The van der Waals surface area contributed by atoms with Gasteiger partial charge in [-0.05, 0) is 23.4 Å². The number of rotatable bonds is 4. The molecule has 0 amide bonds. The summed E-state index contributed by atoms with van der Waals surface area (Å²) in [4.78, 5) is 20.7. The van der Waals surface area contributed by atoms with Gasteiger partial charge in [-0.3, -0.25) is 0 Å². The monoisotopic (exact) mass is 217 g/mol. The minimum atomic E-state index is -3.14. The van der Waals surface area contributed by atoms with Gasteiger partial charge in [0.25, 0.3) is 0 Å². The number of carboxylic acid groups (broad SMARTS) is 1. The molecular weight excluding hydrogens is 212 g/mol. The zero-order valence-electron chi connectivity index (χ0n) is 7.18. The van der Waals surface area contributed by atoms with Gasteiger partial charge in [0.2, 0.25) is 0 Å². The van der Waals surface area contributed by atoms with Gasteiger partial charge in [-0.15, -0.1) is 4.91 Å². The summed E-state index contributed by atoms with van der Waals surface area (Å²) in [6, 6.07) is 2.87. The SMILES string of the molecule is O=Nc1ccc(C(=O)O)cc1OC(F)F. The van der Waals surface area contributed by atoms with Crippen LogP contribution in [0.15, 0.2) is 23.4 Å². The van der Waals surface area contributed by atoms with Crippen LogP contribution in [-0.4, -0.2) is 17.7 Å². The number of carboxylic acids is 1. The van der Waals surface area contributed by atoms with Crippen molar-refractivity contribution >= 4 is 11.7 Å². The zero-order valence-corrected chi connectivity index (χ0v) is 7.18. The lowest BCUT2D eigenvalue weighted by Crippen LogP contribution is -2.04. The Kier molecular flexibility index (Phi) is 3.27. The minimum Gasteiger partial charge on any atom is -0.478 e. The van der Waals surface area contributed by atoms with Crippen molar-refractivity contribution in [2.24, 2.45) is 5.18 Å². The van der Waals surface area contributed by atoms with Gasteiger partial charge in [0.05, 0.1) is 5.56 Å². The molecule has 15 heavy (non-hydrogen) atoms. The lowest BCUT2D eigenvalue weighted by Gasteiger charge is -2.06. The maximum atomic E-state index is 11.9. The highest BCUT2D eigenvalue weighted by molar-refractivity contribution is 5.88. The largest absolute Gasteiger partial charge is 0.478 e. The van der Waals surface area contributed by atoms with Crippen molar-refractivity contribution in [2.45, 2.75) is 6.61 Å². The van der Waals surface area contributed by atoms with E-state index in [-0.39, 0.29) is 11.3 Å². The number of halogens is 2. The average molecular weight is 217 g/mol. The summed E-state index contributed by atoms with van der Waals surface area (Å²) in [7, 11) is 0. The first-order valence-electron chi connectivity index (χ1n) is 3.70. The zero-order chi connectivity index (χ0) is 11.4. The predicted octanol–water partition coefficient (Wildman–Crippen LogP) is 2.38. The second-order valence-electron chi connectivity index (χ2n) is 2.46. The number of ether oxygens (including phenoxy) is 1. The molecule has 0 bridgehead atoms. The van der Waals surface area contributed by atoms with Crippen molar-refractivity contribution in [1.82, 2.24) is 0 Å². The summed E-state index contributed by atoms with van der Waals surface area (Å²) in [5.41, 5.74) is -0.640. The summed E-state index contributed by atoms with van der Waals surface area (Å²) in [6.07, 6.45) is 0. The van der Waals surface area contributed by atoms with Crippen LogP contribution in [0.3, 0.4) is 0 Å². The Balaban J connectivity index is 3.12. The molecule has 0 fully saturated rings. The van der Waals surface area contributed by atoms with Crippen LogP contribution in [-0.2, 0) is 0 Å². The first-order valence-corrected chi connectivity index (χ1v) is 3.70. The van der Waals surface area contributed by atoms with Gasteiger partial charge in [-0.2, -0.15) is 8.78 Å². The molecule has 80 valence electrons. The van der Waals surface area contributed by atoms with Crippen molar-refractivity contribution in [1.29, 1.82) is 0 Å². The third kappa shape index (κ3) is 2.70. The van der Waals surface area contributed by atoms with Crippen molar-refractivity contribution in [3.63, 3.8) is 0 Å². The molecule has 0 saturated heterocycles. The van der Waals surface area contributed by atoms with E-state index in [1.165, 1.54) is 0 Å². The normalized spacial score (nSPS) is 10.1. The fourth-order valence-corrected chi connectivity index (χ4v) is 0.913. The van der Waals surface area contributed by atoms with Crippen LogP contribution in [0.2, 0.25) is 0 Å². The Morgan fingerprint density at radius 1 is 1.47 bits per heavy atom. The van der Waals surface area contributed by atoms with Gasteiger partial charge < -0.3 is 9.84 Å². The van der Waals surface area contributed by atoms with Crippen LogP contribution in [0.4, 0.5) is 14.5 Å². The highest BCUT2D eigenvalue weighted by Gasteiger charge is 2.13. The Morgan fingerprint density at radius 2 is 2.13 bits per heavy atom. The number of carbonyl (C=O) groups is 1. The van der Waals surface area contributed by atoms with E-state index < -0.39 is 18.3 Å². The Hall–Kier alpha value is -2.05. The van der Waals surface area contributed by atoms with E-state index in [0.717, 1.165) is 18.2 Å². The third-order valence-electron chi connectivity index (χ3n) is 1.52. The summed E-state index contributed by atoms with van der Waals surface area (Å²) in [5.74, 6) is -1.87. The Labute approximate surface area is 82.3 Å². The highest BCUT2D eigenvalue weighted by atomic mass is 19.3. The lowest BCUT2D eigenvalue weighted by molar-refractivity contribution is -0.0495. The number of hydrogen-bond donors (Lipinski definition) is 1. The molecule has 1 aromatic carbocycles. The van der Waals surface area contributed by atoms with Crippen LogP contribution in [0.5, 0.6) is 5.75 Å². The van der Waals surface area contributed by atoms with Gasteiger partial charge in [-0.25, -0.2) is 4.79 Å². The molecule has 0 aliphatic heterocycles. The third-order valence-corrected chi connectivity index (χ3v) is 1.52. The molecular formula is C8H5F2NO4. The predicted molar refractivity (Wildman–Crippen MR) is 45.5 cm³/mol. The molecule has 1 N–H and O–H groups in total. The van der Waals surface area contributed by atoms with Gasteiger partial charge in [-0.1, -0.05) is 0 Å². The molecule has 0 unspecified atom stereocenters. The maximum absolute atomic E-state index is 11.9. The quantitative estimate of drug-likeness (QED) is 0.785. The summed E-state index contributed by atoms with van der Waals surface area (Å²) >= 11 is 0.